The van der Waals surface area contributed by atoms with Gasteiger partial charge in [0, 0.05) is 31.8 Å². The van der Waals surface area contributed by atoms with Crippen LogP contribution in [0.2, 0.25) is 0 Å². The minimum absolute atomic E-state index is 0.0868. The lowest BCUT2D eigenvalue weighted by Gasteiger charge is -2.36. The number of nitrogens with one attached hydrogen (secondary N) is 1. The monoisotopic (exact) mass is 263 g/mol. The third-order valence-electron chi connectivity index (χ3n) is 3.57. The fourth-order valence-electron chi connectivity index (χ4n) is 2.92. The second-order valence-electron chi connectivity index (χ2n) is 4.84. The summed E-state index contributed by atoms with van der Waals surface area (Å²) in [5.41, 5.74) is 5.92. The van der Waals surface area contributed by atoms with Crippen molar-refractivity contribution in [3.05, 3.63) is 0 Å². The first-order valence-electron chi connectivity index (χ1n) is 6.07. The van der Waals surface area contributed by atoms with Gasteiger partial charge in [0.15, 0.2) is 0 Å². The summed E-state index contributed by atoms with van der Waals surface area (Å²) in [7, 11) is -1.81. The first-order chi connectivity index (χ1) is 8.04. The molecule has 17 heavy (non-hydrogen) atoms. The number of ether oxygens (including phenoxy) is 1. The van der Waals surface area contributed by atoms with Crippen LogP contribution in [0.15, 0.2) is 0 Å². The molecule has 2 atom stereocenters. The Morgan fingerprint density at radius 3 is 2.47 bits per heavy atom. The molecule has 0 amide bonds. The van der Waals surface area contributed by atoms with E-state index in [2.05, 4.69) is 4.72 Å². The molecule has 100 valence electrons. The van der Waals surface area contributed by atoms with Gasteiger partial charge in [-0.05, 0) is 25.7 Å². The molecule has 2 aliphatic rings. The molecule has 2 rings (SSSR count). The number of piperidine rings is 1. The van der Waals surface area contributed by atoms with Crippen molar-refractivity contribution in [3.63, 3.8) is 0 Å². The molecule has 0 radical (unpaired) electrons. The second kappa shape index (κ2) is 5.19. The Balaban J connectivity index is 2.02. The summed E-state index contributed by atoms with van der Waals surface area (Å²) in [5, 5.41) is 0. The first-order valence-corrected chi connectivity index (χ1v) is 7.51. The maximum absolute atomic E-state index is 12.1. The number of nitrogens with two attached hydrogens (primary N) is 1. The minimum atomic E-state index is -3.37. The van der Waals surface area contributed by atoms with Crippen LogP contribution in [0.25, 0.3) is 0 Å². The van der Waals surface area contributed by atoms with Gasteiger partial charge in [-0.2, -0.15) is 17.4 Å². The van der Waals surface area contributed by atoms with Gasteiger partial charge in [0.1, 0.15) is 0 Å². The quantitative estimate of drug-likeness (QED) is 0.650. The molecule has 2 saturated heterocycles. The summed E-state index contributed by atoms with van der Waals surface area (Å²) in [6, 6.07) is 0.325. The van der Waals surface area contributed by atoms with E-state index in [1.165, 1.54) is 0 Å². The van der Waals surface area contributed by atoms with Gasteiger partial charge < -0.3 is 10.5 Å². The molecule has 2 bridgehead atoms. The third-order valence-corrected chi connectivity index (χ3v) is 5.29. The lowest BCUT2D eigenvalue weighted by atomic mass is 10.0. The number of methoxy groups -OCH3 is 1. The lowest BCUT2D eigenvalue weighted by Crippen LogP contribution is -2.53. The van der Waals surface area contributed by atoms with Crippen molar-refractivity contribution in [1.82, 2.24) is 9.03 Å². The van der Waals surface area contributed by atoms with Crippen molar-refractivity contribution < 1.29 is 13.2 Å². The predicted octanol–water partition coefficient (Wildman–Crippen LogP) is -0.579. The van der Waals surface area contributed by atoms with Crippen LogP contribution in [0.5, 0.6) is 0 Å². The van der Waals surface area contributed by atoms with Gasteiger partial charge in [-0.15, -0.1) is 0 Å². The average molecular weight is 263 g/mol. The van der Waals surface area contributed by atoms with E-state index in [1.54, 1.807) is 11.4 Å². The Hall–Kier alpha value is -0.210. The SMILES string of the molecule is COCCNS(=O)(=O)N1C2CCC1CC(N)C2. The van der Waals surface area contributed by atoms with E-state index in [1.807, 2.05) is 0 Å². The largest absolute Gasteiger partial charge is 0.383 e. The fourth-order valence-corrected chi connectivity index (χ4v) is 4.57. The number of rotatable bonds is 5. The zero-order valence-electron chi connectivity index (χ0n) is 10.1. The van der Waals surface area contributed by atoms with Crippen molar-refractivity contribution >= 4 is 10.2 Å². The summed E-state index contributed by atoms with van der Waals surface area (Å²) in [5.74, 6) is 0. The van der Waals surface area contributed by atoms with Crippen LogP contribution >= 0.6 is 0 Å². The molecule has 0 saturated carbocycles. The van der Waals surface area contributed by atoms with Gasteiger partial charge in [0.2, 0.25) is 0 Å². The zero-order chi connectivity index (χ0) is 12.5. The van der Waals surface area contributed by atoms with E-state index in [4.69, 9.17) is 10.5 Å². The van der Waals surface area contributed by atoms with Gasteiger partial charge >= 0.3 is 0 Å². The van der Waals surface area contributed by atoms with Crippen LogP contribution in [0.1, 0.15) is 25.7 Å². The summed E-state index contributed by atoms with van der Waals surface area (Å²) in [4.78, 5) is 0. The molecule has 0 aliphatic carbocycles. The van der Waals surface area contributed by atoms with Gasteiger partial charge in [0.05, 0.1) is 6.61 Å². The van der Waals surface area contributed by atoms with Gasteiger partial charge in [-0.25, -0.2) is 0 Å². The van der Waals surface area contributed by atoms with Crippen LogP contribution in [0, 0.1) is 0 Å². The van der Waals surface area contributed by atoms with Crippen LogP contribution in [-0.2, 0) is 14.9 Å². The van der Waals surface area contributed by atoms with Crippen molar-refractivity contribution in [2.45, 2.75) is 43.8 Å². The third kappa shape index (κ3) is 2.79. The topological polar surface area (TPSA) is 84.7 Å². The molecule has 3 N–H and O–H groups in total. The van der Waals surface area contributed by atoms with Crippen molar-refractivity contribution in [2.75, 3.05) is 20.3 Å². The first kappa shape index (κ1) is 13.2. The van der Waals surface area contributed by atoms with Crippen LogP contribution in [-0.4, -0.2) is 51.1 Å². The standard InChI is InChI=1S/C10H21N3O3S/c1-16-5-4-12-17(14,15)13-9-2-3-10(13)7-8(11)6-9/h8-10,12H,2-7,11H2,1H3. The van der Waals surface area contributed by atoms with Crippen molar-refractivity contribution in [2.24, 2.45) is 5.73 Å². The molecule has 0 aromatic rings. The number of nitrogens with zero attached hydrogens (tertiary/aromatic N) is 1. The lowest BCUT2D eigenvalue weighted by molar-refractivity contribution is 0.199. The number of hydrogen-bond donors (Lipinski definition) is 2. The molecule has 2 aliphatic heterocycles. The molecule has 6 nitrogen and oxygen atoms in total. The summed E-state index contributed by atoms with van der Waals surface area (Å²) in [6.45, 7) is 0.711. The van der Waals surface area contributed by atoms with E-state index in [9.17, 15) is 8.42 Å². The van der Waals surface area contributed by atoms with Gasteiger partial charge in [-0.1, -0.05) is 0 Å². The Bertz CT molecular complexity index is 346. The summed E-state index contributed by atoms with van der Waals surface area (Å²) in [6.07, 6.45) is 3.43. The van der Waals surface area contributed by atoms with Crippen molar-refractivity contribution in [1.29, 1.82) is 0 Å². The Labute approximate surface area is 103 Å². The van der Waals surface area contributed by atoms with Gasteiger partial charge in [0.25, 0.3) is 10.2 Å². The van der Waals surface area contributed by atoms with E-state index in [-0.39, 0.29) is 18.1 Å². The van der Waals surface area contributed by atoms with E-state index < -0.39 is 10.2 Å². The zero-order valence-corrected chi connectivity index (χ0v) is 10.9. The highest BCUT2D eigenvalue weighted by molar-refractivity contribution is 7.87. The smallest absolute Gasteiger partial charge is 0.280 e. The second-order valence-corrected chi connectivity index (χ2v) is 6.50. The molecule has 0 aromatic heterocycles. The van der Waals surface area contributed by atoms with E-state index in [0.717, 1.165) is 25.7 Å². The van der Waals surface area contributed by atoms with Crippen LogP contribution in [0.4, 0.5) is 0 Å². The van der Waals surface area contributed by atoms with Crippen LogP contribution in [0.3, 0.4) is 0 Å². The molecule has 2 unspecified atom stereocenters. The van der Waals surface area contributed by atoms with Gasteiger partial charge in [-0.3, -0.25) is 0 Å². The normalized spacial score (nSPS) is 34.1. The Morgan fingerprint density at radius 1 is 1.35 bits per heavy atom. The Morgan fingerprint density at radius 2 is 1.94 bits per heavy atom. The predicted molar refractivity (Wildman–Crippen MR) is 64.7 cm³/mol. The molecule has 2 fully saturated rings. The molecular formula is C10H21N3O3S. The number of fused-ring (bicyclic) bond motifs is 2. The van der Waals surface area contributed by atoms with E-state index in [0.29, 0.717) is 13.2 Å². The highest BCUT2D eigenvalue weighted by Gasteiger charge is 2.45. The average Bonchev–Trinajstić information content (AvgIpc) is 2.53. The number of hydrogen-bond acceptors (Lipinski definition) is 4. The maximum Gasteiger partial charge on any atom is 0.280 e. The molecule has 0 spiro atoms. The molecule has 7 heteroatoms. The minimum Gasteiger partial charge on any atom is -0.383 e. The maximum atomic E-state index is 12.1. The molecular weight excluding hydrogens is 242 g/mol. The highest BCUT2D eigenvalue weighted by atomic mass is 32.2. The molecule has 2 heterocycles. The summed E-state index contributed by atoms with van der Waals surface area (Å²) < 4.78 is 33.3. The molecule has 0 aromatic carbocycles. The van der Waals surface area contributed by atoms with Crippen molar-refractivity contribution in [3.8, 4) is 0 Å². The summed E-state index contributed by atoms with van der Waals surface area (Å²) >= 11 is 0. The fraction of sp³-hybridized carbons (Fsp3) is 1.00. The Kier molecular flexibility index (Phi) is 4.04. The van der Waals surface area contributed by atoms with Crippen LogP contribution < -0.4 is 10.5 Å². The highest BCUT2D eigenvalue weighted by Crippen LogP contribution is 2.36. The van der Waals surface area contributed by atoms with E-state index >= 15 is 0 Å².